The van der Waals surface area contributed by atoms with E-state index >= 15 is 0 Å². The average molecular weight is 282 g/mol. The molecule has 1 rings (SSSR count). The molecule has 0 radical (unpaired) electrons. The number of amides is 1. The molecule has 19 heavy (non-hydrogen) atoms. The van der Waals surface area contributed by atoms with Gasteiger partial charge in [0.05, 0.1) is 12.6 Å². The van der Waals surface area contributed by atoms with Gasteiger partial charge >= 0.3 is 0 Å². The standard InChI is InChI=1S/C15H20ClNO2/c1-10(2)14(9-18)17-15(19)7-6-12-5-4-11(3)13(16)8-12/h4-8,10,14,18H,9H2,1-3H3,(H,17,19). The van der Waals surface area contributed by atoms with Crippen LogP contribution in [-0.4, -0.2) is 23.7 Å². The number of hydrogen-bond donors (Lipinski definition) is 2. The van der Waals surface area contributed by atoms with Gasteiger partial charge in [0.2, 0.25) is 5.91 Å². The van der Waals surface area contributed by atoms with Crippen LogP contribution in [0.3, 0.4) is 0 Å². The topological polar surface area (TPSA) is 49.3 Å². The number of halogens is 1. The first-order chi connectivity index (χ1) is 8.93. The number of carbonyl (C=O) groups is 1. The van der Waals surface area contributed by atoms with E-state index in [9.17, 15) is 4.79 Å². The Kier molecular flexibility index (Phi) is 6.06. The van der Waals surface area contributed by atoms with Gasteiger partial charge < -0.3 is 10.4 Å². The molecule has 2 N–H and O–H groups in total. The van der Waals surface area contributed by atoms with Gasteiger partial charge in [0.15, 0.2) is 0 Å². The van der Waals surface area contributed by atoms with Gasteiger partial charge in [-0.1, -0.05) is 37.6 Å². The number of rotatable bonds is 5. The monoisotopic (exact) mass is 281 g/mol. The molecule has 0 spiro atoms. The van der Waals surface area contributed by atoms with Crippen molar-refractivity contribution in [3.63, 3.8) is 0 Å². The fourth-order valence-corrected chi connectivity index (χ4v) is 1.73. The average Bonchev–Trinajstić information content (AvgIpc) is 2.37. The lowest BCUT2D eigenvalue weighted by molar-refractivity contribution is -0.117. The Morgan fingerprint density at radius 3 is 2.68 bits per heavy atom. The second kappa shape index (κ2) is 7.31. The van der Waals surface area contributed by atoms with Crippen molar-refractivity contribution in [1.29, 1.82) is 0 Å². The SMILES string of the molecule is Cc1ccc(C=CC(=O)NC(CO)C(C)C)cc1Cl. The van der Waals surface area contributed by atoms with Crippen LogP contribution in [0.2, 0.25) is 5.02 Å². The molecule has 4 heteroatoms. The van der Waals surface area contributed by atoms with E-state index in [1.165, 1.54) is 6.08 Å². The van der Waals surface area contributed by atoms with Gasteiger partial charge in [0.1, 0.15) is 0 Å². The molecule has 1 unspecified atom stereocenters. The van der Waals surface area contributed by atoms with Crippen LogP contribution in [0, 0.1) is 12.8 Å². The summed E-state index contributed by atoms with van der Waals surface area (Å²) in [5.74, 6) is -0.0272. The molecule has 3 nitrogen and oxygen atoms in total. The summed E-state index contributed by atoms with van der Waals surface area (Å²) in [5.41, 5.74) is 1.87. The smallest absolute Gasteiger partial charge is 0.244 e. The summed E-state index contributed by atoms with van der Waals surface area (Å²) in [7, 11) is 0. The molecule has 0 saturated carbocycles. The third-order valence-corrected chi connectivity index (χ3v) is 3.36. The molecule has 1 aromatic rings. The maximum Gasteiger partial charge on any atom is 0.244 e. The van der Waals surface area contributed by atoms with Crippen LogP contribution in [0.25, 0.3) is 6.08 Å². The van der Waals surface area contributed by atoms with Crippen LogP contribution in [-0.2, 0) is 4.79 Å². The summed E-state index contributed by atoms with van der Waals surface area (Å²) in [6.45, 7) is 5.76. The molecular weight excluding hydrogens is 262 g/mol. The lowest BCUT2D eigenvalue weighted by Crippen LogP contribution is -2.40. The summed E-state index contributed by atoms with van der Waals surface area (Å²) in [4.78, 5) is 11.7. The molecule has 0 aliphatic rings. The van der Waals surface area contributed by atoms with Crippen molar-refractivity contribution in [3.05, 3.63) is 40.4 Å². The second-order valence-electron chi connectivity index (χ2n) is 4.88. The predicted molar refractivity (Wildman–Crippen MR) is 79.1 cm³/mol. The van der Waals surface area contributed by atoms with E-state index in [1.54, 1.807) is 6.08 Å². The third-order valence-electron chi connectivity index (χ3n) is 2.95. The van der Waals surface area contributed by atoms with Crippen LogP contribution in [0.1, 0.15) is 25.0 Å². The zero-order valence-electron chi connectivity index (χ0n) is 11.5. The van der Waals surface area contributed by atoms with Crippen molar-refractivity contribution in [2.45, 2.75) is 26.8 Å². The Bertz CT molecular complexity index is 469. The first-order valence-corrected chi connectivity index (χ1v) is 6.67. The molecule has 0 heterocycles. The third kappa shape index (κ3) is 5.05. The Balaban J connectivity index is 2.65. The number of nitrogens with one attached hydrogen (secondary N) is 1. The molecule has 0 fully saturated rings. The molecule has 0 bridgehead atoms. The molecule has 104 valence electrons. The maximum atomic E-state index is 11.7. The highest BCUT2D eigenvalue weighted by atomic mass is 35.5. The van der Waals surface area contributed by atoms with Crippen molar-refractivity contribution < 1.29 is 9.90 Å². The molecule has 0 aliphatic heterocycles. The second-order valence-corrected chi connectivity index (χ2v) is 5.29. The Morgan fingerprint density at radius 2 is 2.16 bits per heavy atom. The van der Waals surface area contributed by atoms with E-state index in [0.29, 0.717) is 5.02 Å². The first kappa shape index (κ1) is 15.7. The first-order valence-electron chi connectivity index (χ1n) is 6.29. The van der Waals surface area contributed by atoms with Gasteiger partial charge in [-0.3, -0.25) is 4.79 Å². The van der Waals surface area contributed by atoms with E-state index in [-0.39, 0.29) is 24.5 Å². The minimum Gasteiger partial charge on any atom is -0.394 e. The fourth-order valence-electron chi connectivity index (χ4n) is 1.54. The van der Waals surface area contributed by atoms with Crippen molar-refractivity contribution in [1.82, 2.24) is 5.32 Å². The predicted octanol–water partition coefficient (Wildman–Crippen LogP) is 2.79. The summed E-state index contributed by atoms with van der Waals surface area (Å²) >= 11 is 6.01. The molecule has 1 aromatic carbocycles. The molecular formula is C15H20ClNO2. The quantitative estimate of drug-likeness (QED) is 0.816. The van der Waals surface area contributed by atoms with Crippen LogP contribution in [0.5, 0.6) is 0 Å². The van der Waals surface area contributed by atoms with E-state index in [0.717, 1.165) is 11.1 Å². The summed E-state index contributed by atoms with van der Waals surface area (Å²) in [6, 6.07) is 5.40. The largest absolute Gasteiger partial charge is 0.394 e. The van der Waals surface area contributed by atoms with E-state index in [1.807, 2.05) is 39.0 Å². The molecule has 1 atom stereocenters. The lowest BCUT2D eigenvalue weighted by atomic mass is 10.1. The molecule has 0 aromatic heterocycles. The van der Waals surface area contributed by atoms with Crippen LogP contribution < -0.4 is 5.32 Å². The number of hydrogen-bond acceptors (Lipinski definition) is 2. The van der Waals surface area contributed by atoms with Gasteiger partial charge in [-0.2, -0.15) is 0 Å². The normalized spacial score (nSPS) is 12.9. The minimum absolute atomic E-state index is 0.0619. The highest BCUT2D eigenvalue weighted by Gasteiger charge is 2.13. The molecule has 0 aliphatic carbocycles. The zero-order chi connectivity index (χ0) is 14.4. The van der Waals surface area contributed by atoms with Gasteiger partial charge in [-0.05, 0) is 36.1 Å². The van der Waals surface area contributed by atoms with Crippen LogP contribution in [0.15, 0.2) is 24.3 Å². The number of aryl methyl sites for hydroxylation is 1. The number of aliphatic hydroxyl groups excluding tert-OH is 1. The minimum atomic E-state index is -0.223. The number of carbonyl (C=O) groups excluding carboxylic acids is 1. The number of aliphatic hydroxyl groups is 1. The Hall–Kier alpha value is -1.32. The van der Waals surface area contributed by atoms with E-state index < -0.39 is 0 Å². The van der Waals surface area contributed by atoms with Crippen molar-refractivity contribution in [3.8, 4) is 0 Å². The van der Waals surface area contributed by atoms with Gasteiger partial charge in [-0.25, -0.2) is 0 Å². The molecule has 1 amide bonds. The Labute approximate surface area is 119 Å². The zero-order valence-corrected chi connectivity index (χ0v) is 12.2. The van der Waals surface area contributed by atoms with E-state index in [4.69, 9.17) is 16.7 Å². The van der Waals surface area contributed by atoms with Gasteiger partial charge in [-0.15, -0.1) is 0 Å². The van der Waals surface area contributed by atoms with Crippen molar-refractivity contribution in [2.75, 3.05) is 6.61 Å². The summed E-state index contributed by atoms with van der Waals surface area (Å²) in [6.07, 6.45) is 3.15. The summed E-state index contributed by atoms with van der Waals surface area (Å²) in [5, 5.41) is 12.6. The lowest BCUT2D eigenvalue weighted by Gasteiger charge is -2.18. The van der Waals surface area contributed by atoms with Crippen molar-refractivity contribution in [2.24, 2.45) is 5.92 Å². The highest BCUT2D eigenvalue weighted by molar-refractivity contribution is 6.31. The number of benzene rings is 1. The Morgan fingerprint density at radius 1 is 1.47 bits per heavy atom. The highest BCUT2D eigenvalue weighted by Crippen LogP contribution is 2.17. The maximum absolute atomic E-state index is 11.7. The van der Waals surface area contributed by atoms with Crippen LogP contribution in [0.4, 0.5) is 0 Å². The van der Waals surface area contributed by atoms with Gasteiger partial charge in [0.25, 0.3) is 0 Å². The molecule has 0 saturated heterocycles. The van der Waals surface area contributed by atoms with Gasteiger partial charge in [0, 0.05) is 11.1 Å². The van der Waals surface area contributed by atoms with Crippen molar-refractivity contribution >= 4 is 23.6 Å². The fraction of sp³-hybridized carbons (Fsp3) is 0.400. The summed E-state index contributed by atoms with van der Waals surface area (Å²) < 4.78 is 0. The van der Waals surface area contributed by atoms with Crippen LogP contribution >= 0.6 is 11.6 Å². The van der Waals surface area contributed by atoms with E-state index in [2.05, 4.69) is 5.32 Å².